The molecule has 106 valence electrons. The topological polar surface area (TPSA) is 87.2 Å². The van der Waals surface area contributed by atoms with Gasteiger partial charge < -0.3 is 4.90 Å². The highest BCUT2D eigenvalue weighted by Crippen LogP contribution is 2.24. The molecule has 0 saturated heterocycles. The van der Waals surface area contributed by atoms with Crippen LogP contribution in [0.15, 0.2) is 12.1 Å². The van der Waals surface area contributed by atoms with E-state index >= 15 is 0 Å². The van der Waals surface area contributed by atoms with Gasteiger partial charge in [0.1, 0.15) is 11.4 Å². The summed E-state index contributed by atoms with van der Waals surface area (Å²) in [7, 11) is 1.26. The molecule has 1 rings (SSSR count). The lowest BCUT2D eigenvalue weighted by Crippen LogP contribution is -2.32. The SMILES string of the molecule is CC(C#N)CN(C)C(=O)c1c(F)ccc([N+](=O)[O-])c1F. The van der Waals surface area contributed by atoms with Crippen molar-refractivity contribution in [3.05, 3.63) is 39.4 Å². The summed E-state index contributed by atoms with van der Waals surface area (Å²) in [5.74, 6) is -4.29. The highest BCUT2D eigenvalue weighted by Gasteiger charge is 2.28. The molecule has 0 N–H and O–H groups in total. The Hall–Kier alpha value is -2.56. The van der Waals surface area contributed by atoms with Crippen LogP contribution in [0.4, 0.5) is 14.5 Å². The Balaban J connectivity index is 3.19. The third kappa shape index (κ3) is 3.06. The zero-order chi connectivity index (χ0) is 15.4. The number of hydrogen-bond acceptors (Lipinski definition) is 4. The molecule has 1 aromatic carbocycles. The van der Waals surface area contributed by atoms with Gasteiger partial charge in [-0.2, -0.15) is 9.65 Å². The fraction of sp³-hybridized carbons (Fsp3) is 0.333. The van der Waals surface area contributed by atoms with Gasteiger partial charge in [-0.15, -0.1) is 0 Å². The van der Waals surface area contributed by atoms with Crippen LogP contribution in [0, 0.1) is 39.0 Å². The molecule has 0 heterocycles. The molecule has 0 bridgehead atoms. The summed E-state index contributed by atoms with van der Waals surface area (Å²) in [5.41, 5.74) is -1.97. The van der Waals surface area contributed by atoms with Crippen LogP contribution in [-0.2, 0) is 0 Å². The smallest absolute Gasteiger partial charge is 0.305 e. The molecule has 0 spiro atoms. The molecular formula is C12H11F2N3O3. The molecule has 0 aromatic heterocycles. The van der Waals surface area contributed by atoms with Crippen LogP contribution in [0.2, 0.25) is 0 Å². The van der Waals surface area contributed by atoms with Gasteiger partial charge in [0.2, 0.25) is 5.82 Å². The molecule has 0 aliphatic rings. The Morgan fingerprint density at radius 1 is 1.55 bits per heavy atom. The van der Waals surface area contributed by atoms with E-state index in [1.165, 1.54) is 14.0 Å². The maximum atomic E-state index is 13.8. The second-order valence-corrected chi connectivity index (χ2v) is 4.23. The zero-order valence-corrected chi connectivity index (χ0v) is 10.8. The van der Waals surface area contributed by atoms with Crippen LogP contribution in [0.1, 0.15) is 17.3 Å². The third-order valence-corrected chi connectivity index (χ3v) is 2.60. The van der Waals surface area contributed by atoms with E-state index in [2.05, 4.69) is 0 Å². The Bertz CT molecular complexity index is 598. The van der Waals surface area contributed by atoms with Crippen molar-refractivity contribution in [3.8, 4) is 6.07 Å². The van der Waals surface area contributed by atoms with Crippen LogP contribution in [0.25, 0.3) is 0 Å². The number of amides is 1. The molecule has 1 aromatic rings. The van der Waals surface area contributed by atoms with E-state index < -0.39 is 39.6 Å². The van der Waals surface area contributed by atoms with Gasteiger partial charge in [0.25, 0.3) is 5.91 Å². The van der Waals surface area contributed by atoms with Crippen molar-refractivity contribution in [1.29, 1.82) is 5.26 Å². The van der Waals surface area contributed by atoms with Crippen molar-refractivity contribution >= 4 is 11.6 Å². The van der Waals surface area contributed by atoms with Gasteiger partial charge in [0.05, 0.1) is 16.9 Å². The minimum absolute atomic E-state index is 0.0447. The molecule has 1 atom stereocenters. The summed E-state index contributed by atoms with van der Waals surface area (Å²) in [4.78, 5) is 22.4. The quantitative estimate of drug-likeness (QED) is 0.625. The summed E-state index contributed by atoms with van der Waals surface area (Å²) < 4.78 is 27.4. The minimum atomic E-state index is -1.52. The Morgan fingerprint density at radius 3 is 2.65 bits per heavy atom. The number of benzene rings is 1. The molecule has 0 aliphatic carbocycles. The number of carbonyl (C=O) groups excluding carboxylic acids is 1. The van der Waals surface area contributed by atoms with Crippen molar-refractivity contribution in [2.24, 2.45) is 5.92 Å². The molecule has 1 amide bonds. The minimum Gasteiger partial charge on any atom is -0.340 e. The van der Waals surface area contributed by atoms with Gasteiger partial charge in [-0.25, -0.2) is 4.39 Å². The molecule has 20 heavy (non-hydrogen) atoms. The number of nitrogens with zero attached hydrogens (tertiary/aromatic N) is 3. The number of carbonyl (C=O) groups is 1. The van der Waals surface area contributed by atoms with Crippen molar-refractivity contribution in [2.75, 3.05) is 13.6 Å². The second kappa shape index (κ2) is 6.06. The number of nitro groups is 1. The van der Waals surface area contributed by atoms with E-state index in [4.69, 9.17) is 5.26 Å². The molecule has 0 fully saturated rings. The molecular weight excluding hydrogens is 272 g/mol. The summed E-state index contributed by atoms with van der Waals surface area (Å²) in [6, 6.07) is 3.19. The lowest BCUT2D eigenvalue weighted by atomic mass is 10.1. The molecule has 0 saturated carbocycles. The molecule has 6 nitrogen and oxygen atoms in total. The highest BCUT2D eigenvalue weighted by molar-refractivity contribution is 5.95. The number of nitriles is 1. The maximum absolute atomic E-state index is 13.8. The molecule has 0 aliphatic heterocycles. The van der Waals surface area contributed by atoms with Gasteiger partial charge >= 0.3 is 5.69 Å². The van der Waals surface area contributed by atoms with Crippen molar-refractivity contribution in [2.45, 2.75) is 6.92 Å². The largest absolute Gasteiger partial charge is 0.340 e. The first kappa shape index (κ1) is 15.5. The van der Waals surface area contributed by atoms with Gasteiger partial charge in [-0.1, -0.05) is 0 Å². The number of hydrogen-bond donors (Lipinski definition) is 0. The Morgan fingerprint density at radius 2 is 2.15 bits per heavy atom. The van der Waals surface area contributed by atoms with Crippen LogP contribution in [0.3, 0.4) is 0 Å². The fourth-order valence-electron chi connectivity index (χ4n) is 1.60. The highest BCUT2D eigenvalue weighted by atomic mass is 19.1. The van der Waals surface area contributed by atoms with Crippen molar-refractivity contribution < 1.29 is 18.5 Å². The predicted octanol–water partition coefficient (Wildman–Crippen LogP) is 2.10. The zero-order valence-electron chi connectivity index (χ0n) is 10.8. The van der Waals surface area contributed by atoms with E-state index in [1.54, 1.807) is 0 Å². The first-order valence-electron chi connectivity index (χ1n) is 5.57. The Kier molecular flexibility index (Phi) is 4.69. The number of rotatable bonds is 4. The van der Waals surface area contributed by atoms with E-state index in [-0.39, 0.29) is 6.54 Å². The van der Waals surface area contributed by atoms with Crippen LogP contribution in [0.5, 0.6) is 0 Å². The average Bonchev–Trinajstić information content (AvgIpc) is 2.37. The summed E-state index contributed by atoms with van der Waals surface area (Å²) >= 11 is 0. The normalized spacial score (nSPS) is 11.6. The summed E-state index contributed by atoms with van der Waals surface area (Å²) in [5, 5.41) is 19.2. The van der Waals surface area contributed by atoms with Gasteiger partial charge in [0.15, 0.2) is 0 Å². The number of nitro benzene ring substituents is 1. The molecule has 0 radical (unpaired) electrons. The van der Waals surface area contributed by atoms with E-state index in [0.717, 1.165) is 4.90 Å². The van der Waals surface area contributed by atoms with Gasteiger partial charge in [-0.05, 0) is 13.0 Å². The predicted molar refractivity (Wildman–Crippen MR) is 64.7 cm³/mol. The first-order valence-corrected chi connectivity index (χ1v) is 5.57. The van der Waals surface area contributed by atoms with Gasteiger partial charge in [-0.3, -0.25) is 14.9 Å². The average molecular weight is 283 g/mol. The van der Waals surface area contributed by atoms with Crippen LogP contribution >= 0.6 is 0 Å². The number of halogens is 2. The molecule has 8 heteroatoms. The Labute approximate surface area is 113 Å². The van der Waals surface area contributed by atoms with E-state index in [1.807, 2.05) is 6.07 Å². The standard InChI is InChI=1S/C12H11F2N3O3/c1-7(5-15)6-16(2)12(18)10-8(13)3-4-9(11(10)14)17(19)20/h3-4,7H,6H2,1-2H3. The fourth-order valence-corrected chi connectivity index (χ4v) is 1.60. The summed E-state index contributed by atoms with van der Waals surface area (Å²) in [6.45, 7) is 1.49. The van der Waals surface area contributed by atoms with E-state index in [9.17, 15) is 23.7 Å². The monoisotopic (exact) mass is 283 g/mol. The van der Waals surface area contributed by atoms with Gasteiger partial charge in [0, 0.05) is 19.7 Å². The molecule has 1 unspecified atom stereocenters. The lowest BCUT2D eigenvalue weighted by Gasteiger charge is -2.18. The maximum Gasteiger partial charge on any atom is 0.305 e. The van der Waals surface area contributed by atoms with Crippen LogP contribution in [-0.4, -0.2) is 29.3 Å². The summed E-state index contributed by atoms with van der Waals surface area (Å²) in [6.07, 6.45) is 0. The van der Waals surface area contributed by atoms with E-state index in [0.29, 0.717) is 12.1 Å². The lowest BCUT2D eigenvalue weighted by molar-refractivity contribution is -0.387. The second-order valence-electron chi connectivity index (χ2n) is 4.23. The van der Waals surface area contributed by atoms with Crippen molar-refractivity contribution in [3.63, 3.8) is 0 Å². The third-order valence-electron chi connectivity index (χ3n) is 2.60. The first-order chi connectivity index (χ1) is 9.29. The van der Waals surface area contributed by atoms with Crippen LogP contribution < -0.4 is 0 Å². The van der Waals surface area contributed by atoms with Crippen molar-refractivity contribution in [1.82, 2.24) is 4.90 Å².